The molecule has 104 valence electrons. The molecule has 0 aliphatic rings. The van der Waals surface area contributed by atoms with Crippen molar-refractivity contribution in [2.45, 2.75) is 30.7 Å². The molecule has 0 fully saturated rings. The first-order valence-electron chi connectivity index (χ1n) is 5.54. The zero-order chi connectivity index (χ0) is 14.6. The van der Waals surface area contributed by atoms with Crippen LogP contribution in [0.1, 0.15) is 19.8 Å². The Hall–Kier alpha value is -1.10. The summed E-state index contributed by atoms with van der Waals surface area (Å²) in [5, 5.41) is 0. The summed E-state index contributed by atoms with van der Waals surface area (Å²) in [6, 6.07) is 1.46. The average Bonchev–Trinajstić information content (AvgIpc) is 2.32. The van der Waals surface area contributed by atoms with Gasteiger partial charge in [-0.1, -0.05) is 19.3 Å². The van der Waals surface area contributed by atoms with E-state index in [1.165, 1.54) is 0 Å². The number of rotatable bonds is 5. The second-order valence-electron chi connectivity index (χ2n) is 3.93. The summed E-state index contributed by atoms with van der Waals surface area (Å²) in [6.07, 6.45) is 6.52. The van der Waals surface area contributed by atoms with E-state index in [0.717, 1.165) is 18.6 Å². The predicted molar refractivity (Wildman–Crippen MR) is 76.4 cm³/mol. The van der Waals surface area contributed by atoms with Crippen LogP contribution in [0.3, 0.4) is 0 Å². The van der Waals surface area contributed by atoms with Crippen LogP contribution in [0.5, 0.6) is 0 Å². The normalized spacial score (nSPS) is 12.9. The molecule has 0 saturated heterocycles. The SMILES string of the molecule is C#CC(CCC)NS(=O)(=O)c1cc(N)c(F)cc1Br. The number of nitrogens with one attached hydrogen (secondary N) is 1. The zero-order valence-corrected chi connectivity index (χ0v) is 12.7. The molecule has 1 aromatic carbocycles. The lowest BCUT2D eigenvalue weighted by atomic mass is 10.2. The van der Waals surface area contributed by atoms with Gasteiger partial charge in [-0.05, 0) is 34.5 Å². The Kier molecular flexibility index (Phi) is 5.35. The first-order chi connectivity index (χ1) is 8.81. The minimum absolute atomic E-state index is 0.0963. The molecule has 0 aromatic heterocycles. The van der Waals surface area contributed by atoms with Crippen molar-refractivity contribution >= 4 is 31.6 Å². The summed E-state index contributed by atoms with van der Waals surface area (Å²) in [5.74, 6) is 1.68. The highest BCUT2D eigenvalue weighted by Crippen LogP contribution is 2.26. The van der Waals surface area contributed by atoms with Gasteiger partial charge in [0.15, 0.2) is 0 Å². The predicted octanol–water partition coefficient (Wildman–Crippen LogP) is 2.25. The molecule has 0 bridgehead atoms. The monoisotopic (exact) mass is 348 g/mol. The third kappa shape index (κ3) is 3.93. The quantitative estimate of drug-likeness (QED) is 0.633. The van der Waals surface area contributed by atoms with Crippen molar-refractivity contribution in [2.75, 3.05) is 5.73 Å². The summed E-state index contributed by atoms with van der Waals surface area (Å²) in [4.78, 5) is -0.136. The maximum absolute atomic E-state index is 13.2. The van der Waals surface area contributed by atoms with Gasteiger partial charge >= 0.3 is 0 Å². The van der Waals surface area contributed by atoms with Crippen LogP contribution in [0.25, 0.3) is 0 Å². The third-order valence-electron chi connectivity index (χ3n) is 2.42. The van der Waals surface area contributed by atoms with Gasteiger partial charge in [0.25, 0.3) is 0 Å². The van der Waals surface area contributed by atoms with Crippen LogP contribution in [-0.4, -0.2) is 14.5 Å². The van der Waals surface area contributed by atoms with E-state index >= 15 is 0 Å². The maximum Gasteiger partial charge on any atom is 0.242 e. The first-order valence-corrected chi connectivity index (χ1v) is 7.82. The number of halogens is 2. The Bertz CT molecular complexity index is 611. The standard InChI is InChI=1S/C12H14BrFN2O2S/c1-3-5-8(4-2)16-19(17,18)12-7-11(15)10(14)6-9(12)13/h2,6-8,16H,3,5,15H2,1H3. The minimum Gasteiger partial charge on any atom is -0.396 e. The molecule has 4 nitrogen and oxygen atoms in total. The van der Waals surface area contributed by atoms with Crippen LogP contribution >= 0.6 is 15.9 Å². The molecule has 0 aliphatic heterocycles. The lowest BCUT2D eigenvalue weighted by Crippen LogP contribution is -2.33. The zero-order valence-electron chi connectivity index (χ0n) is 10.3. The fourth-order valence-corrected chi connectivity index (χ4v) is 3.71. The highest BCUT2D eigenvalue weighted by Gasteiger charge is 2.22. The van der Waals surface area contributed by atoms with Crippen LogP contribution in [-0.2, 0) is 10.0 Å². The summed E-state index contributed by atoms with van der Waals surface area (Å²) in [7, 11) is -3.85. The van der Waals surface area contributed by atoms with Gasteiger partial charge in [-0.15, -0.1) is 6.42 Å². The van der Waals surface area contributed by atoms with Crippen LogP contribution in [0.15, 0.2) is 21.5 Å². The molecule has 19 heavy (non-hydrogen) atoms. The molecule has 0 aliphatic carbocycles. The van der Waals surface area contributed by atoms with Crippen molar-refractivity contribution in [1.29, 1.82) is 0 Å². The second kappa shape index (κ2) is 6.37. The highest BCUT2D eigenvalue weighted by atomic mass is 79.9. The molecule has 3 N–H and O–H groups in total. The lowest BCUT2D eigenvalue weighted by molar-refractivity contribution is 0.563. The average molecular weight is 349 g/mol. The molecule has 0 amide bonds. The highest BCUT2D eigenvalue weighted by molar-refractivity contribution is 9.10. The molecule has 7 heteroatoms. The number of hydrogen-bond acceptors (Lipinski definition) is 3. The van der Waals surface area contributed by atoms with Crippen molar-refractivity contribution in [1.82, 2.24) is 4.72 Å². The van der Waals surface area contributed by atoms with Crippen LogP contribution in [0, 0.1) is 18.2 Å². The van der Waals surface area contributed by atoms with E-state index in [0.29, 0.717) is 6.42 Å². The number of benzene rings is 1. The summed E-state index contributed by atoms with van der Waals surface area (Å²) < 4.78 is 40.0. The molecule has 0 radical (unpaired) electrons. The number of sulfonamides is 1. The van der Waals surface area contributed by atoms with Crippen molar-refractivity contribution in [2.24, 2.45) is 0 Å². The number of anilines is 1. The van der Waals surface area contributed by atoms with Crippen LogP contribution < -0.4 is 10.5 Å². The van der Waals surface area contributed by atoms with Crippen molar-refractivity contribution < 1.29 is 12.8 Å². The van der Waals surface area contributed by atoms with E-state index in [2.05, 4.69) is 26.6 Å². The Labute approximate surface area is 120 Å². The summed E-state index contributed by atoms with van der Waals surface area (Å²) >= 11 is 3.00. The van der Waals surface area contributed by atoms with Gasteiger partial charge in [-0.3, -0.25) is 0 Å². The van der Waals surface area contributed by atoms with Gasteiger partial charge in [0, 0.05) is 4.47 Å². The van der Waals surface area contributed by atoms with E-state index in [1.54, 1.807) is 0 Å². The number of hydrogen-bond donors (Lipinski definition) is 2. The fourth-order valence-electron chi connectivity index (χ4n) is 1.47. The topological polar surface area (TPSA) is 72.2 Å². The van der Waals surface area contributed by atoms with Crippen molar-refractivity contribution in [3.63, 3.8) is 0 Å². The van der Waals surface area contributed by atoms with Gasteiger partial charge in [-0.25, -0.2) is 12.8 Å². The van der Waals surface area contributed by atoms with Crippen molar-refractivity contribution in [3.8, 4) is 12.3 Å². The van der Waals surface area contributed by atoms with Crippen molar-refractivity contribution in [3.05, 3.63) is 22.4 Å². The van der Waals surface area contributed by atoms with E-state index in [9.17, 15) is 12.8 Å². The van der Waals surface area contributed by atoms with Gasteiger partial charge < -0.3 is 5.73 Å². The fraction of sp³-hybridized carbons (Fsp3) is 0.333. The van der Waals surface area contributed by atoms with E-state index in [4.69, 9.17) is 12.2 Å². The lowest BCUT2D eigenvalue weighted by Gasteiger charge is -2.14. The van der Waals surface area contributed by atoms with Crippen LogP contribution in [0.2, 0.25) is 0 Å². The van der Waals surface area contributed by atoms with Gasteiger partial charge in [0.2, 0.25) is 10.0 Å². The Morgan fingerprint density at radius 2 is 2.21 bits per heavy atom. The van der Waals surface area contributed by atoms with Crippen LogP contribution in [0.4, 0.5) is 10.1 Å². The Morgan fingerprint density at radius 3 is 2.74 bits per heavy atom. The Balaban J connectivity index is 3.14. The number of terminal acetylenes is 1. The molecule has 1 aromatic rings. The smallest absolute Gasteiger partial charge is 0.242 e. The molecule has 0 spiro atoms. The number of nitrogens with two attached hydrogens (primary N) is 1. The molecule has 1 atom stereocenters. The first kappa shape index (κ1) is 16.0. The van der Waals surface area contributed by atoms with E-state index < -0.39 is 21.9 Å². The summed E-state index contributed by atoms with van der Waals surface area (Å²) in [5.41, 5.74) is 5.14. The summed E-state index contributed by atoms with van der Waals surface area (Å²) in [6.45, 7) is 1.89. The largest absolute Gasteiger partial charge is 0.396 e. The molecular weight excluding hydrogens is 335 g/mol. The Morgan fingerprint density at radius 1 is 1.58 bits per heavy atom. The molecule has 1 unspecified atom stereocenters. The minimum atomic E-state index is -3.85. The molecule has 1 rings (SSSR count). The maximum atomic E-state index is 13.2. The van der Waals surface area contributed by atoms with E-state index in [-0.39, 0.29) is 15.1 Å². The van der Waals surface area contributed by atoms with E-state index in [1.807, 2.05) is 6.92 Å². The van der Waals surface area contributed by atoms with Gasteiger partial charge in [0.05, 0.1) is 16.6 Å². The molecule has 0 saturated carbocycles. The molecule has 0 heterocycles. The van der Waals surface area contributed by atoms with Gasteiger partial charge in [-0.2, -0.15) is 4.72 Å². The van der Waals surface area contributed by atoms with Gasteiger partial charge in [0.1, 0.15) is 5.82 Å². The molecular formula is C12H14BrFN2O2S. The number of nitrogen functional groups attached to an aromatic ring is 1. The second-order valence-corrected chi connectivity index (χ2v) is 6.47. The third-order valence-corrected chi connectivity index (χ3v) is 4.85.